The number of nitrogens with two attached hydrogens (primary N) is 2. The molecule has 12 heavy (non-hydrogen) atoms. The maximum atomic E-state index is 10.5. The number of hydrogen-bond acceptors (Lipinski definition) is 3. The third-order valence-corrected chi connectivity index (χ3v) is 1.52. The molecule has 1 amide bonds. The summed E-state index contributed by atoms with van der Waals surface area (Å²) in [4.78, 5) is 10.5. The van der Waals surface area contributed by atoms with Gasteiger partial charge in [-0.15, -0.1) is 0 Å². The van der Waals surface area contributed by atoms with E-state index in [2.05, 4.69) is 0 Å². The van der Waals surface area contributed by atoms with Crippen molar-refractivity contribution in [2.75, 3.05) is 5.73 Å². The summed E-state index contributed by atoms with van der Waals surface area (Å²) in [6, 6.07) is 4.82. The smallest absolute Gasteiger partial charge is 0.221 e. The van der Waals surface area contributed by atoms with Crippen LogP contribution >= 0.6 is 0 Å². The van der Waals surface area contributed by atoms with E-state index >= 15 is 0 Å². The van der Waals surface area contributed by atoms with Crippen LogP contribution in [0.1, 0.15) is 5.56 Å². The highest BCUT2D eigenvalue weighted by Gasteiger charge is 2.05. The molecule has 4 heteroatoms. The molecule has 0 atom stereocenters. The van der Waals surface area contributed by atoms with E-state index in [4.69, 9.17) is 11.5 Å². The number of hydrogen-bond donors (Lipinski definition) is 3. The van der Waals surface area contributed by atoms with Crippen molar-refractivity contribution in [3.05, 3.63) is 23.8 Å². The number of rotatable bonds is 2. The Balaban J connectivity index is 3.00. The van der Waals surface area contributed by atoms with E-state index in [1.165, 1.54) is 0 Å². The largest absolute Gasteiger partial charge is 0.505 e. The Labute approximate surface area is 69.8 Å². The molecule has 1 aromatic rings. The topological polar surface area (TPSA) is 89.3 Å². The molecule has 0 heterocycles. The predicted molar refractivity (Wildman–Crippen MR) is 45.4 cm³/mol. The van der Waals surface area contributed by atoms with Gasteiger partial charge in [0, 0.05) is 5.56 Å². The number of para-hydroxylation sites is 1. The first-order valence-electron chi connectivity index (χ1n) is 3.46. The number of primary amides is 1. The van der Waals surface area contributed by atoms with Crippen LogP contribution in [0.25, 0.3) is 0 Å². The van der Waals surface area contributed by atoms with E-state index in [1.807, 2.05) is 0 Å². The lowest BCUT2D eigenvalue weighted by Crippen LogP contribution is -2.13. The Morgan fingerprint density at radius 2 is 2.17 bits per heavy atom. The lowest BCUT2D eigenvalue weighted by molar-refractivity contribution is -0.117. The van der Waals surface area contributed by atoms with Gasteiger partial charge in [0.15, 0.2) is 0 Å². The van der Waals surface area contributed by atoms with Crippen LogP contribution in [0.2, 0.25) is 0 Å². The van der Waals surface area contributed by atoms with Gasteiger partial charge < -0.3 is 16.6 Å². The number of amides is 1. The summed E-state index contributed by atoms with van der Waals surface area (Å²) in [5, 5.41) is 9.31. The van der Waals surface area contributed by atoms with E-state index in [9.17, 15) is 9.90 Å². The Hall–Kier alpha value is -1.71. The molecule has 0 saturated carbocycles. The zero-order valence-corrected chi connectivity index (χ0v) is 6.45. The number of anilines is 1. The van der Waals surface area contributed by atoms with Crippen molar-refractivity contribution in [1.29, 1.82) is 0 Å². The predicted octanol–water partition coefficient (Wildman–Crippen LogP) is 0.00220. The second kappa shape index (κ2) is 3.13. The van der Waals surface area contributed by atoms with Crippen LogP contribution in [-0.2, 0) is 11.2 Å². The van der Waals surface area contributed by atoms with Crippen molar-refractivity contribution in [2.24, 2.45) is 5.73 Å². The molecule has 0 radical (unpaired) electrons. The molecule has 5 N–H and O–H groups in total. The highest BCUT2D eigenvalue weighted by molar-refractivity contribution is 5.78. The van der Waals surface area contributed by atoms with Gasteiger partial charge in [-0.05, 0) is 6.07 Å². The maximum absolute atomic E-state index is 10.5. The summed E-state index contributed by atoms with van der Waals surface area (Å²) < 4.78 is 0. The van der Waals surface area contributed by atoms with Gasteiger partial charge in [0.05, 0.1) is 12.1 Å². The van der Waals surface area contributed by atoms with Crippen LogP contribution in [0.4, 0.5) is 5.69 Å². The van der Waals surface area contributed by atoms with E-state index in [1.54, 1.807) is 18.2 Å². The monoisotopic (exact) mass is 166 g/mol. The molecule has 0 aliphatic rings. The molecule has 0 fully saturated rings. The molecule has 0 saturated heterocycles. The molecule has 1 rings (SSSR count). The van der Waals surface area contributed by atoms with Gasteiger partial charge in [-0.25, -0.2) is 0 Å². The van der Waals surface area contributed by atoms with Crippen LogP contribution in [0.15, 0.2) is 18.2 Å². The lowest BCUT2D eigenvalue weighted by Gasteiger charge is -2.03. The lowest BCUT2D eigenvalue weighted by atomic mass is 10.1. The molecule has 0 spiro atoms. The summed E-state index contributed by atoms with van der Waals surface area (Å²) in [6.45, 7) is 0. The number of nitrogen functional groups attached to an aromatic ring is 1. The van der Waals surface area contributed by atoms with Gasteiger partial charge in [-0.2, -0.15) is 0 Å². The summed E-state index contributed by atoms with van der Waals surface area (Å²) in [6.07, 6.45) is 0.0108. The SMILES string of the molecule is NC(=O)Cc1cccc(N)c1O. The van der Waals surface area contributed by atoms with Crippen LogP contribution in [0.3, 0.4) is 0 Å². The fraction of sp³-hybridized carbons (Fsp3) is 0.125. The van der Waals surface area contributed by atoms with Crippen molar-refractivity contribution in [1.82, 2.24) is 0 Å². The molecule has 0 aliphatic carbocycles. The standard InChI is InChI=1S/C8H10N2O2/c9-6-3-1-2-5(8(6)12)4-7(10)11/h1-3,12H,4,9H2,(H2,10,11). The quantitative estimate of drug-likeness (QED) is 0.426. The number of phenolic OH excluding ortho intramolecular Hbond substituents is 1. The van der Waals surface area contributed by atoms with Crippen LogP contribution in [0, 0.1) is 0 Å². The minimum absolute atomic E-state index is 0.0108. The first-order valence-corrected chi connectivity index (χ1v) is 3.46. The summed E-state index contributed by atoms with van der Waals surface area (Å²) in [5.74, 6) is -0.549. The van der Waals surface area contributed by atoms with E-state index in [0.717, 1.165) is 0 Å². The van der Waals surface area contributed by atoms with Crippen molar-refractivity contribution in [3.63, 3.8) is 0 Å². The number of phenols is 1. The van der Waals surface area contributed by atoms with Gasteiger partial charge in [0.1, 0.15) is 5.75 Å². The normalized spacial score (nSPS) is 9.67. The molecule has 0 bridgehead atoms. The average Bonchev–Trinajstić information content (AvgIpc) is 1.98. The highest BCUT2D eigenvalue weighted by atomic mass is 16.3. The molecule has 0 aromatic heterocycles. The van der Waals surface area contributed by atoms with Gasteiger partial charge in [0.2, 0.25) is 5.91 Å². The summed E-state index contributed by atoms with van der Waals surface area (Å²) in [7, 11) is 0. The molecule has 4 nitrogen and oxygen atoms in total. The van der Waals surface area contributed by atoms with Crippen LogP contribution < -0.4 is 11.5 Å². The first kappa shape index (κ1) is 8.39. The zero-order valence-electron chi connectivity index (χ0n) is 6.45. The van der Waals surface area contributed by atoms with Gasteiger partial charge in [-0.1, -0.05) is 12.1 Å². The Morgan fingerprint density at radius 1 is 1.50 bits per heavy atom. The van der Waals surface area contributed by atoms with Gasteiger partial charge >= 0.3 is 0 Å². The second-order valence-electron chi connectivity index (χ2n) is 2.50. The average molecular weight is 166 g/mol. The molecular weight excluding hydrogens is 156 g/mol. The minimum atomic E-state index is -0.490. The third kappa shape index (κ3) is 1.66. The molecule has 64 valence electrons. The molecule has 1 aromatic carbocycles. The Bertz CT molecular complexity index is 310. The number of carbonyl (C=O) groups excluding carboxylic acids is 1. The van der Waals surface area contributed by atoms with E-state index < -0.39 is 5.91 Å². The Kier molecular flexibility index (Phi) is 2.19. The van der Waals surface area contributed by atoms with Crippen molar-refractivity contribution in [2.45, 2.75) is 6.42 Å². The van der Waals surface area contributed by atoms with Crippen molar-refractivity contribution >= 4 is 11.6 Å². The molecular formula is C8H10N2O2. The fourth-order valence-corrected chi connectivity index (χ4v) is 0.942. The van der Waals surface area contributed by atoms with Crippen LogP contribution in [0.5, 0.6) is 5.75 Å². The number of aromatic hydroxyl groups is 1. The van der Waals surface area contributed by atoms with Crippen molar-refractivity contribution < 1.29 is 9.90 Å². The third-order valence-electron chi connectivity index (χ3n) is 1.52. The van der Waals surface area contributed by atoms with E-state index in [0.29, 0.717) is 5.56 Å². The van der Waals surface area contributed by atoms with Gasteiger partial charge in [0.25, 0.3) is 0 Å². The summed E-state index contributed by atoms with van der Waals surface area (Å²) >= 11 is 0. The highest BCUT2D eigenvalue weighted by Crippen LogP contribution is 2.24. The molecule has 0 aliphatic heterocycles. The second-order valence-corrected chi connectivity index (χ2v) is 2.50. The number of carbonyl (C=O) groups is 1. The van der Waals surface area contributed by atoms with Crippen molar-refractivity contribution in [3.8, 4) is 5.75 Å². The first-order chi connectivity index (χ1) is 5.61. The fourth-order valence-electron chi connectivity index (χ4n) is 0.942. The maximum Gasteiger partial charge on any atom is 0.221 e. The van der Waals surface area contributed by atoms with Gasteiger partial charge in [-0.3, -0.25) is 4.79 Å². The minimum Gasteiger partial charge on any atom is -0.505 e. The van der Waals surface area contributed by atoms with Crippen LogP contribution in [-0.4, -0.2) is 11.0 Å². The van der Waals surface area contributed by atoms with E-state index in [-0.39, 0.29) is 17.9 Å². The number of benzene rings is 1. The Morgan fingerprint density at radius 3 is 2.75 bits per heavy atom. The summed E-state index contributed by atoms with van der Waals surface area (Å²) in [5.41, 5.74) is 11.1. The molecule has 0 unspecified atom stereocenters. The zero-order chi connectivity index (χ0) is 9.14.